The highest BCUT2D eigenvalue weighted by Gasteiger charge is 2.32. The summed E-state index contributed by atoms with van der Waals surface area (Å²) in [6, 6.07) is 19.8. The quantitative estimate of drug-likeness (QED) is 0.158. The number of hydrogen-bond acceptors (Lipinski definition) is 10. The van der Waals surface area contributed by atoms with Crippen molar-refractivity contribution in [1.29, 1.82) is 0 Å². The van der Waals surface area contributed by atoms with Gasteiger partial charge < -0.3 is 33.9 Å². The molecule has 5 aromatic rings. The number of ether oxygens (including phenoxy) is 5. The highest BCUT2D eigenvalue weighted by molar-refractivity contribution is 9.11. The van der Waals surface area contributed by atoms with E-state index < -0.39 is 11.9 Å². The number of aliphatic hydroxyl groups excluding tert-OH is 1. The van der Waals surface area contributed by atoms with Crippen molar-refractivity contribution in [1.82, 2.24) is 0 Å². The molecule has 342 valence electrons. The number of aromatic hydroxyl groups is 1. The van der Waals surface area contributed by atoms with E-state index in [1.54, 1.807) is 36.4 Å². The number of phenols is 1. The molecule has 0 unspecified atom stereocenters. The second-order valence-corrected chi connectivity index (χ2v) is 18.4. The van der Waals surface area contributed by atoms with Crippen LogP contribution < -0.4 is 14.2 Å². The lowest BCUT2D eigenvalue weighted by atomic mass is 9.98. The lowest BCUT2D eigenvalue weighted by Gasteiger charge is -2.16. The summed E-state index contributed by atoms with van der Waals surface area (Å²) in [5, 5.41) is 18.7. The molecule has 0 amide bonds. The molecule has 2 N–H and O–H groups in total. The number of carbonyl (C=O) groups is 3. The fraction of sp³-hybridized carbons (Fsp3) is 0.327. The van der Waals surface area contributed by atoms with Crippen LogP contribution in [0.1, 0.15) is 105 Å². The molecule has 0 spiro atoms. The molecule has 3 aliphatic carbocycles. The van der Waals surface area contributed by atoms with Crippen LogP contribution in [-0.4, -0.2) is 55.4 Å². The van der Waals surface area contributed by atoms with Gasteiger partial charge in [0, 0.05) is 66.1 Å². The number of esters is 2. The highest BCUT2D eigenvalue weighted by atomic mass is 79.9. The molecule has 0 bridgehead atoms. The molecule has 0 radical (unpaired) electrons. The number of carbonyl (C=O) groups excluding carboxylic acids is 3. The first kappa shape index (κ1) is 48.0. The lowest BCUT2D eigenvalue weighted by molar-refractivity contribution is -0.142. The zero-order valence-electron chi connectivity index (χ0n) is 35.2. The van der Waals surface area contributed by atoms with Gasteiger partial charge in [-0.3, -0.25) is 14.4 Å². The van der Waals surface area contributed by atoms with Crippen LogP contribution in [-0.2, 0) is 38.3 Å². The van der Waals surface area contributed by atoms with Crippen molar-refractivity contribution < 1.29 is 61.5 Å². The molecule has 0 saturated carbocycles. The summed E-state index contributed by atoms with van der Waals surface area (Å²) < 4.78 is 69.6. The summed E-state index contributed by atoms with van der Waals surface area (Å²) in [7, 11) is 2.75. The standard InChI is InChI=1S/C20H18BrFO4.C11H12O4.C9H8BrFO.C9H6BrFO/c1-24-19(23)8-11-10-25-18-9-12(2-3-13(11)18)26-17-7-4-14-15(21)5-6-16(22)20(14)17;1-14-11(13)4-7-6-15-10-5-8(12)2-3-9(7)10;2*10-6-2-3-7(11)9-5(6)1-4-8(9)12/h2-3,5-6,9,11,17H,4,7-8,10H2,1H3;2-3,5,7,12H,4,6H2,1H3;2-3,8,12H,1,4H2;2-3H,1,4H2/t11-,17-;7-;8-;/m110./s1. The van der Waals surface area contributed by atoms with Gasteiger partial charge in [-0.15, -0.1) is 0 Å². The van der Waals surface area contributed by atoms with Gasteiger partial charge in [-0.2, -0.15) is 0 Å². The molecule has 5 aliphatic rings. The summed E-state index contributed by atoms with van der Waals surface area (Å²) in [6.45, 7) is 0.912. The van der Waals surface area contributed by atoms with E-state index in [0.29, 0.717) is 73.7 Å². The monoisotopic (exact) mass is 1090 g/mol. The number of Topliss-reactive ketones (excluding diaryl/α,β-unsaturated/α-hetero) is 1. The number of methoxy groups -OCH3 is 2. The molecule has 5 aromatic carbocycles. The van der Waals surface area contributed by atoms with E-state index in [9.17, 15) is 37.8 Å². The molecular formula is C49H44Br3F3O10. The van der Waals surface area contributed by atoms with Gasteiger partial charge in [0.25, 0.3) is 0 Å². The van der Waals surface area contributed by atoms with Crippen molar-refractivity contribution in [3.8, 4) is 23.0 Å². The topological polar surface area (TPSA) is 138 Å². The predicted octanol–water partition coefficient (Wildman–Crippen LogP) is 11.4. The van der Waals surface area contributed by atoms with E-state index in [0.717, 1.165) is 60.5 Å². The van der Waals surface area contributed by atoms with E-state index in [2.05, 4.69) is 52.5 Å². The van der Waals surface area contributed by atoms with Crippen LogP contribution >= 0.6 is 47.8 Å². The first-order valence-electron chi connectivity index (χ1n) is 20.8. The summed E-state index contributed by atoms with van der Waals surface area (Å²) in [5.41, 5.74) is 6.04. The molecule has 10 rings (SSSR count). The molecule has 0 fully saturated rings. The summed E-state index contributed by atoms with van der Waals surface area (Å²) in [5.74, 6) is 0.708. The second-order valence-electron chi connectivity index (χ2n) is 15.8. The third-order valence-electron chi connectivity index (χ3n) is 11.9. The van der Waals surface area contributed by atoms with Crippen LogP contribution in [0.25, 0.3) is 0 Å². The van der Waals surface area contributed by atoms with Crippen LogP contribution in [0.4, 0.5) is 13.2 Å². The van der Waals surface area contributed by atoms with Crippen molar-refractivity contribution in [2.75, 3.05) is 27.4 Å². The minimum absolute atomic E-state index is 0.00731. The first-order valence-corrected chi connectivity index (χ1v) is 23.2. The number of rotatable bonds is 6. The average Bonchev–Trinajstić information content (AvgIpc) is 4.15. The van der Waals surface area contributed by atoms with E-state index in [1.165, 1.54) is 32.4 Å². The Kier molecular flexibility index (Phi) is 15.6. The normalized spacial score (nSPS) is 18.9. The highest BCUT2D eigenvalue weighted by Crippen LogP contribution is 2.44. The van der Waals surface area contributed by atoms with E-state index >= 15 is 0 Å². The van der Waals surface area contributed by atoms with Crippen molar-refractivity contribution in [3.05, 3.63) is 148 Å². The van der Waals surface area contributed by atoms with Crippen LogP contribution in [0.5, 0.6) is 23.0 Å². The Morgan fingerprint density at radius 3 is 1.77 bits per heavy atom. The van der Waals surface area contributed by atoms with Crippen LogP contribution in [0.2, 0.25) is 0 Å². The molecule has 10 nitrogen and oxygen atoms in total. The summed E-state index contributed by atoms with van der Waals surface area (Å²) in [6.07, 6.45) is 3.68. The lowest BCUT2D eigenvalue weighted by Crippen LogP contribution is -2.09. The molecule has 4 atom stereocenters. The van der Waals surface area contributed by atoms with Gasteiger partial charge in [-0.1, -0.05) is 59.9 Å². The SMILES string of the molecule is COC(=O)C[C@@H]1COc2cc(O)ccc21.COC(=O)C[C@@H]1COc2cc(O[C@@H]3CCc4c(Br)ccc(F)c43)ccc21.O=C1CCc2c(Br)ccc(F)c21.O[C@H]1CCc2c(Br)ccc(F)c21. The van der Waals surface area contributed by atoms with E-state index in [-0.39, 0.29) is 58.6 Å². The number of hydrogen-bond donors (Lipinski definition) is 2. The van der Waals surface area contributed by atoms with E-state index in [1.807, 2.05) is 18.2 Å². The van der Waals surface area contributed by atoms with Crippen molar-refractivity contribution in [2.24, 2.45) is 0 Å². The summed E-state index contributed by atoms with van der Waals surface area (Å²) >= 11 is 10.1. The number of benzene rings is 5. The van der Waals surface area contributed by atoms with E-state index in [4.69, 9.17) is 18.9 Å². The van der Waals surface area contributed by atoms with Crippen molar-refractivity contribution in [3.63, 3.8) is 0 Å². The van der Waals surface area contributed by atoms with Gasteiger partial charge in [0.15, 0.2) is 5.78 Å². The molecule has 0 aromatic heterocycles. The maximum absolute atomic E-state index is 14.3. The Labute approximate surface area is 398 Å². The molecule has 16 heteroatoms. The molecule has 0 saturated heterocycles. The molecular weight excluding hydrogens is 1050 g/mol. The fourth-order valence-electron chi connectivity index (χ4n) is 8.57. The van der Waals surface area contributed by atoms with Gasteiger partial charge >= 0.3 is 11.9 Å². The molecule has 65 heavy (non-hydrogen) atoms. The zero-order valence-corrected chi connectivity index (χ0v) is 40.0. The first-order chi connectivity index (χ1) is 31.2. The van der Waals surface area contributed by atoms with Gasteiger partial charge in [0.1, 0.15) is 46.6 Å². The van der Waals surface area contributed by atoms with Gasteiger partial charge in [0.2, 0.25) is 0 Å². The predicted molar refractivity (Wildman–Crippen MR) is 244 cm³/mol. The maximum Gasteiger partial charge on any atom is 0.306 e. The van der Waals surface area contributed by atoms with Crippen LogP contribution in [0, 0.1) is 17.5 Å². The Morgan fingerprint density at radius 1 is 0.662 bits per heavy atom. The minimum atomic E-state index is -0.613. The Bertz CT molecular complexity index is 2620. The Balaban J connectivity index is 0.000000138. The third-order valence-corrected chi connectivity index (χ3v) is 14.1. The van der Waals surface area contributed by atoms with Gasteiger partial charge in [-0.25, -0.2) is 13.2 Å². The van der Waals surface area contributed by atoms with Crippen molar-refractivity contribution in [2.45, 2.75) is 75.4 Å². The number of halogens is 6. The smallest absolute Gasteiger partial charge is 0.306 e. The fourth-order valence-corrected chi connectivity index (χ4v) is 10.2. The number of ketones is 1. The van der Waals surface area contributed by atoms with Gasteiger partial charge in [-0.05, 0) is 97.3 Å². The number of fused-ring (bicyclic) bond motifs is 5. The number of aliphatic hydroxyl groups is 1. The van der Waals surface area contributed by atoms with Crippen molar-refractivity contribution >= 4 is 65.5 Å². The number of phenolic OH excluding ortho intramolecular Hbond substituents is 1. The Morgan fingerprint density at radius 2 is 1.18 bits per heavy atom. The third kappa shape index (κ3) is 10.9. The average molecular weight is 1090 g/mol. The largest absolute Gasteiger partial charge is 0.508 e. The molecule has 2 heterocycles. The molecule has 2 aliphatic heterocycles. The van der Waals surface area contributed by atoms with Gasteiger partial charge in [0.05, 0.1) is 51.9 Å². The maximum atomic E-state index is 14.3. The Hall–Kier alpha value is -4.90. The van der Waals surface area contributed by atoms with Crippen LogP contribution in [0.3, 0.4) is 0 Å². The van der Waals surface area contributed by atoms with Crippen LogP contribution in [0.15, 0.2) is 86.2 Å². The summed E-state index contributed by atoms with van der Waals surface area (Å²) in [4.78, 5) is 33.8. The second kappa shape index (κ2) is 21.2. The zero-order chi connectivity index (χ0) is 46.5. The minimum Gasteiger partial charge on any atom is -0.508 e.